The summed E-state index contributed by atoms with van der Waals surface area (Å²) < 4.78 is 4.94. The van der Waals surface area contributed by atoms with Crippen LogP contribution in [0.5, 0.6) is 0 Å². The molecule has 3 amide bonds. The van der Waals surface area contributed by atoms with Crippen molar-refractivity contribution in [3.05, 3.63) is 29.8 Å². The standard InChI is InChI=1S/C22H29N3O4/c26-20-13-17(15-25(20)19-5-3-1-2-4-6-19)21(27)23-18-9-7-16(8-10-18)14-24-11-12-29-22(24)28/h7-10,17,19H,1-6,11-15H2,(H,23,27)/t17-/m1/s1. The Morgan fingerprint density at radius 1 is 1.07 bits per heavy atom. The Kier molecular flexibility index (Phi) is 6.02. The molecule has 1 aliphatic carbocycles. The number of rotatable bonds is 5. The van der Waals surface area contributed by atoms with Crippen LogP contribution < -0.4 is 5.32 Å². The van der Waals surface area contributed by atoms with Crippen LogP contribution >= 0.6 is 0 Å². The van der Waals surface area contributed by atoms with Crippen LogP contribution in [0.2, 0.25) is 0 Å². The minimum atomic E-state index is -0.287. The molecular weight excluding hydrogens is 370 g/mol. The zero-order valence-electron chi connectivity index (χ0n) is 16.8. The third kappa shape index (κ3) is 4.71. The molecule has 1 N–H and O–H groups in total. The van der Waals surface area contributed by atoms with E-state index in [1.807, 2.05) is 29.2 Å². The molecule has 2 saturated heterocycles. The van der Waals surface area contributed by atoms with Gasteiger partial charge < -0.3 is 19.9 Å². The van der Waals surface area contributed by atoms with Crippen LogP contribution in [-0.4, -0.2) is 53.4 Å². The summed E-state index contributed by atoms with van der Waals surface area (Å²) in [5, 5.41) is 2.95. The van der Waals surface area contributed by atoms with Gasteiger partial charge in [0, 0.05) is 31.2 Å². The SMILES string of the molecule is O=C(Nc1ccc(CN2CCOC2=O)cc1)[C@@H]1CC(=O)N(C2CCCCCC2)C1. The highest BCUT2D eigenvalue weighted by Gasteiger charge is 2.37. The fourth-order valence-corrected chi connectivity index (χ4v) is 4.56. The number of anilines is 1. The van der Waals surface area contributed by atoms with Gasteiger partial charge in [0.05, 0.1) is 12.5 Å². The van der Waals surface area contributed by atoms with E-state index in [4.69, 9.17) is 4.74 Å². The molecule has 1 aromatic rings. The molecule has 3 fully saturated rings. The molecule has 156 valence electrons. The molecule has 7 nitrogen and oxygen atoms in total. The molecule has 2 heterocycles. The average molecular weight is 399 g/mol. The Morgan fingerprint density at radius 2 is 1.79 bits per heavy atom. The van der Waals surface area contributed by atoms with Crippen molar-refractivity contribution in [1.29, 1.82) is 0 Å². The average Bonchev–Trinajstić information content (AvgIpc) is 3.18. The maximum absolute atomic E-state index is 12.7. The van der Waals surface area contributed by atoms with Crippen molar-refractivity contribution >= 4 is 23.6 Å². The number of nitrogens with one attached hydrogen (secondary N) is 1. The van der Waals surface area contributed by atoms with E-state index in [0.29, 0.717) is 44.4 Å². The van der Waals surface area contributed by atoms with E-state index in [1.54, 1.807) is 4.90 Å². The van der Waals surface area contributed by atoms with Crippen molar-refractivity contribution in [3.63, 3.8) is 0 Å². The molecule has 4 rings (SSSR count). The van der Waals surface area contributed by atoms with Gasteiger partial charge in [0.1, 0.15) is 6.61 Å². The fourth-order valence-electron chi connectivity index (χ4n) is 4.56. The molecule has 0 aromatic heterocycles. The van der Waals surface area contributed by atoms with Crippen molar-refractivity contribution < 1.29 is 19.1 Å². The number of hydrogen-bond donors (Lipinski definition) is 1. The molecule has 3 aliphatic rings. The maximum Gasteiger partial charge on any atom is 0.410 e. The van der Waals surface area contributed by atoms with Crippen LogP contribution in [0, 0.1) is 5.92 Å². The van der Waals surface area contributed by atoms with Gasteiger partial charge in [0.25, 0.3) is 0 Å². The summed E-state index contributed by atoms with van der Waals surface area (Å²) >= 11 is 0. The highest BCUT2D eigenvalue weighted by Crippen LogP contribution is 2.28. The largest absolute Gasteiger partial charge is 0.448 e. The fraction of sp³-hybridized carbons (Fsp3) is 0.591. The predicted molar refractivity (Wildman–Crippen MR) is 108 cm³/mol. The van der Waals surface area contributed by atoms with E-state index in [1.165, 1.54) is 25.7 Å². The van der Waals surface area contributed by atoms with Crippen LogP contribution in [0.25, 0.3) is 0 Å². The van der Waals surface area contributed by atoms with Crippen LogP contribution in [0.3, 0.4) is 0 Å². The zero-order chi connectivity index (χ0) is 20.2. The first-order valence-electron chi connectivity index (χ1n) is 10.7. The van der Waals surface area contributed by atoms with E-state index < -0.39 is 0 Å². The summed E-state index contributed by atoms with van der Waals surface area (Å²) in [5.74, 6) is -0.264. The molecule has 7 heteroatoms. The highest BCUT2D eigenvalue weighted by molar-refractivity contribution is 5.97. The summed E-state index contributed by atoms with van der Waals surface area (Å²) in [5.41, 5.74) is 1.69. The number of carbonyl (C=O) groups excluding carboxylic acids is 3. The van der Waals surface area contributed by atoms with Crippen molar-refractivity contribution in [3.8, 4) is 0 Å². The molecule has 1 atom stereocenters. The van der Waals surface area contributed by atoms with Crippen molar-refractivity contribution in [2.45, 2.75) is 57.5 Å². The molecule has 0 radical (unpaired) electrons. The van der Waals surface area contributed by atoms with E-state index in [-0.39, 0.29) is 23.8 Å². The van der Waals surface area contributed by atoms with E-state index in [9.17, 15) is 14.4 Å². The van der Waals surface area contributed by atoms with Crippen molar-refractivity contribution in [2.24, 2.45) is 5.92 Å². The Morgan fingerprint density at radius 3 is 2.45 bits per heavy atom. The second kappa shape index (κ2) is 8.84. The number of hydrogen-bond acceptors (Lipinski definition) is 4. The van der Waals surface area contributed by atoms with Crippen LogP contribution in [0.4, 0.5) is 10.5 Å². The molecule has 1 aromatic carbocycles. The minimum absolute atomic E-state index is 0.0923. The Hall–Kier alpha value is -2.57. The molecule has 0 spiro atoms. The number of benzene rings is 1. The summed E-state index contributed by atoms with van der Waals surface area (Å²) in [6.07, 6.45) is 6.98. The Bertz CT molecular complexity index is 756. The zero-order valence-corrected chi connectivity index (χ0v) is 16.8. The molecular formula is C22H29N3O4. The lowest BCUT2D eigenvalue weighted by Gasteiger charge is -2.27. The maximum atomic E-state index is 12.7. The van der Waals surface area contributed by atoms with E-state index in [2.05, 4.69) is 5.32 Å². The smallest absolute Gasteiger partial charge is 0.410 e. The summed E-state index contributed by atoms with van der Waals surface area (Å²) in [7, 11) is 0. The summed E-state index contributed by atoms with van der Waals surface area (Å²) in [6.45, 7) is 2.07. The monoisotopic (exact) mass is 399 g/mol. The highest BCUT2D eigenvalue weighted by atomic mass is 16.6. The van der Waals surface area contributed by atoms with Gasteiger partial charge in [-0.05, 0) is 30.5 Å². The second-order valence-electron chi connectivity index (χ2n) is 8.31. The quantitative estimate of drug-likeness (QED) is 0.772. The normalized spacial score (nSPS) is 23.2. The van der Waals surface area contributed by atoms with E-state index in [0.717, 1.165) is 18.4 Å². The minimum Gasteiger partial charge on any atom is -0.448 e. The van der Waals surface area contributed by atoms with Gasteiger partial charge in [-0.1, -0.05) is 37.8 Å². The summed E-state index contributed by atoms with van der Waals surface area (Å²) in [4.78, 5) is 40.3. The number of ether oxygens (including phenoxy) is 1. The van der Waals surface area contributed by atoms with E-state index >= 15 is 0 Å². The lowest BCUT2D eigenvalue weighted by molar-refractivity contribution is -0.130. The van der Waals surface area contributed by atoms with Gasteiger partial charge >= 0.3 is 6.09 Å². The number of likely N-dealkylation sites (tertiary alicyclic amines) is 1. The molecule has 1 saturated carbocycles. The molecule has 0 unspecified atom stereocenters. The van der Waals surface area contributed by atoms with Gasteiger partial charge in [-0.25, -0.2) is 4.79 Å². The number of carbonyl (C=O) groups is 3. The second-order valence-corrected chi connectivity index (χ2v) is 8.31. The number of amides is 3. The molecule has 0 bridgehead atoms. The predicted octanol–water partition coefficient (Wildman–Crippen LogP) is 3.15. The Labute approximate surface area is 171 Å². The first-order valence-corrected chi connectivity index (χ1v) is 10.7. The Balaban J connectivity index is 1.31. The molecule has 29 heavy (non-hydrogen) atoms. The van der Waals surface area contributed by atoms with Crippen molar-refractivity contribution in [2.75, 3.05) is 25.0 Å². The van der Waals surface area contributed by atoms with Gasteiger partial charge in [-0.2, -0.15) is 0 Å². The number of nitrogens with zero attached hydrogens (tertiary/aromatic N) is 2. The number of cyclic esters (lactones) is 1. The molecule has 2 aliphatic heterocycles. The van der Waals surface area contributed by atoms with Crippen LogP contribution in [-0.2, 0) is 20.9 Å². The summed E-state index contributed by atoms with van der Waals surface area (Å²) in [6, 6.07) is 7.79. The lowest BCUT2D eigenvalue weighted by Crippen LogP contribution is -2.37. The van der Waals surface area contributed by atoms with Gasteiger partial charge in [-0.15, -0.1) is 0 Å². The third-order valence-corrected chi connectivity index (χ3v) is 6.23. The van der Waals surface area contributed by atoms with Crippen LogP contribution in [0.1, 0.15) is 50.5 Å². The third-order valence-electron chi connectivity index (χ3n) is 6.23. The van der Waals surface area contributed by atoms with Gasteiger partial charge in [0.15, 0.2) is 0 Å². The van der Waals surface area contributed by atoms with Crippen molar-refractivity contribution in [1.82, 2.24) is 9.80 Å². The first-order chi connectivity index (χ1) is 14.1. The van der Waals surface area contributed by atoms with Gasteiger partial charge in [0.2, 0.25) is 11.8 Å². The van der Waals surface area contributed by atoms with Crippen LogP contribution in [0.15, 0.2) is 24.3 Å². The topological polar surface area (TPSA) is 79.0 Å². The lowest BCUT2D eigenvalue weighted by atomic mass is 10.1. The van der Waals surface area contributed by atoms with Gasteiger partial charge in [-0.3, -0.25) is 9.59 Å². The first kappa shape index (κ1) is 19.7.